The van der Waals surface area contributed by atoms with Gasteiger partial charge in [-0.2, -0.15) is 33.7 Å². The van der Waals surface area contributed by atoms with Crippen LogP contribution >= 0.6 is 0 Å². The Morgan fingerprint density at radius 2 is 0.698 bits per heavy atom. The van der Waals surface area contributed by atoms with Crippen molar-refractivity contribution in [3.8, 4) is 0 Å². The molecule has 0 aromatic rings. The molecule has 0 aromatic carbocycles. The van der Waals surface area contributed by atoms with Gasteiger partial charge in [0.2, 0.25) is 0 Å². The number of rotatable bonds is 12. The van der Waals surface area contributed by atoms with Crippen molar-refractivity contribution in [2.75, 3.05) is 33.0 Å². The molecule has 0 unspecified atom stereocenters. The molecule has 0 heterocycles. The zero-order valence-corrected chi connectivity index (χ0v) is 37.2. The van der Waals surface area contributed by atoms with Gasteiger partial charge in [-0.15, -0.1) is 0 Å². The van der Waals surface area contributed by atoms with Crippen molar-refractivity contribution in [2.45, 2.75) is 129 Å². The Bertz CT molecular complexity index is 1180. The van der Waals surface area contributed by atoms with Crippen LogP contribution in [0.1, 0.15) is 132 Å². The molecule has 53 heavy (non-hydrogen) atoms. The van der Waals surface area contributed by atoms with E-state index in [4.69, 9.17) is 58.2 Å². The average Bonchev–Trinajstić information content (AvgIpc) is 2.73. The van der Waals surface area contributed by atoms with Gasteiger partial charge in [-0.1, -0.05) is 96.9 Å². The maximum Gasteiger partial charge on any atom is 1.00 e. The Morgan fingerprint density at radius 3 is 0.830 bits per heavy atom. The SMILES string of the molecule is CC(C)(C)CCO.CC(C)(C)CCO.CC(C)(C)CCOS(=O)(=O)OCCC(C)(C)C.CC(C)CCOS(=O)(=O)O.O.O.O=S(=O)(O)O.O=S(=O)(O)O.[H+].[H+]. The first-order valence-corrected chi connectivity index (χ1v) is 21.2. The fraction of sp³-hybridized carbons (Fsp3) is 1.00. The van der Waals surface area contributed by atoms with Crippen molar-refractivity contribution in [3.05, 3.63) is 0 Å². The predicted molar refractivity (Wildman–Crippen MR) is 206 cm³/mol. The van der Waals surface area contributed by atoms with Crippen molar-refractivity contribution in [2.24, 2.45) is 27.6 Å². The van der Waals surface area contributed by atoms with Gasteiger partial charge in [-0.05, 0) is 59.7 Å². The van der Waals surface area contributed by atoms with Crippen LogP contribution in [0.15, 0.2) is 0 Å². The van der Waals surface area contributed by atoms with Crippen molar-refractivity contribution in [1.82, 2.24) is 0 Å². The second-order valence-electron chi connectivity index (χ2n) is 16.1. The highest BCUT2D eigenvalue weighted by Crippen LogP contribution is 2.21. The molecule has 0 radical (unpaired) electrons. The highest BCUT2D eigenvalue weighted by molar-refractivity contribution is 7.82. The van der Waals surface area contributed by atoms with E-state index < -0.39 is 41.6 Å². The number of hydrogen-bond donors (Lipinski definition) is 7. The average molecular weight is 873 g/mol. The lowest BCUT2D eigenvalue weighted by molar-refractivity contribution is 0.175. The van der Waals surface area contributed by atoms with E-state index in [1.165, 1.54) is 0 Å². The van der Waals surface area contributed by atoms with Gasteiger partial charge in [0.1, 0.15) is 0 Å². The molecule has 0 saturated carbocycles. The third-order valence-electron chi connectivity index (χ3n) is 4.81. The Morgan fingerprint density at radius 1 is 0.472 bits per heavy atom. The van der Waals surface area contributed by atoms with E-state index in [2.05, 4.69) is 45.7 Å². The van der Waals surface area contributed by atoms with E-state index in [-0.39, 0.29) is 44.5 Å². The lowest BCUT2D eigenvalue weighted by atomic mass is 9.93. The largest absolute Gasteiger partial charge is 1.00 e. The number of aliphatic hydroxyl groups is 2. The quantitative estimate of drug-likeness (QED) is 0.136. The van der Waals surface area contributed by atoms with Crippen LogP contribution in [-0.2, 0) is 54.1 Å². The second kappa shape index (κ2) is 32.4. The zero-order chi connectivity index (χ0) is 42.8. The lowest BCUT2D eigenvalue weighted by Gasteiger charge is -2.18. The molecule has 24 heteroatoms. The Labute approximate surface area is 323 Å². The lowest BCUT2D eigenvalue weighted by Crippen LogP contribution is -2.18. The molecule has 0 atom stereocenters. The van der Waals surface area contributed by atoms with Gasteiger partial charge in [-0.25, -0.2) is 12.5 Å². The molecule has 334 valence electrons. The zero-order valence-electron chi connectivity index (χ0n) is 35.9. The molecule has 0 aromatic heterocycles. The van der Waals surface area contributed by atoms with Crippen LogP contribution < -0.4 is 0 Å². The van der Waals surface area contributed by atoms with E-state index in [0.717, 1.165) is 12.8 Å². The first kappa shape index (κ1) is 70.2. The molecular weight excluding hydrogens is 797 g/mol. The van der Waals surface area contributed by atoms with Crippen molar-refractivity contribution < 1.29 is 93.0 Å². The van der Waals surface area contributed by atoms with Gasteiger partial charge in [0.25, 0.3) is 0 Å². The molecule has 0 bridgehead atoms. The summed E-state index contributed by atoms with van der Waals surface area (Å²) in [5, 5.41) is 16.8. The highest BCUT2D eigenvalue weighted by atomic mass is 32.3. The summed E-state index contributed by atoms with van der Waals surface area (Å²) in [4.78, 5) is 0. The van der Waals surface area contributed by atoms with E-state index in [1.54, 1.807) is 0 Å². The first-order chi connectivity index (χ1) is 22.0. The third-order valence-corrected chi connectivity index (χ3v) is 6.19. The topological polar surface area (TPSA) is 369 Å². The van der Waals surface area contributed by atoms with E-state index in [1.807, 2.05) is 55.4 Å². The number of aliphatic hydroxyl groups excluding tert-OH is 2. The third kappa shape index (κ3) is 136. The molecule has 0 aliphatic carbocycles. The Balaban J connectivity index is -0.0000000580. The molecule has 0 aliphatic rings. The molecule has 11 N–H and O–H groups in total. The predicted octanol–water partition coefficient (Wildman–Crippen LogP) is 4.09. The van der Waals surface area contributed by atoms with Gasteiger partial charge in [0.15, 0.2) is 0 Å². The maximum absolute atomic E-state index is 11.4. The molecule has 20 nitrogen and oxygen atoms in total. The monoisotopic (exact) mass is 872 g/mol. The normalized spacial score (nSPS) is 12.2. The maximum atomic E-state index is 11.4. The van der Waals surface area contributed by atoms with Crippen LogP contribution in [0.2, 0.25) is 0 Å². The van der Waals surface area contributed by atoms with E-state index in [0.29, 0.717) is 49.2 Å². The molecule has 0 fully saturated rings. The summed E-state index contributed by atoms with van der Waals surface area (Å²) in [6.07, 6.45) is 3.77. The molecule has 0 aliphatic heterocycles. The molecule has 0 spiro atoms. The highest BCUT2D eigenvalue weighted by Gasteiger charge is 2.18. The van der Waals surface area contributed by atoms with E-state index in [9.17, 15) is 16.8 Å². The molecular formula is C29H76O20S4+2. The fourth-order valence-electron chi connectivity index (χ4n) is 1.99. The molecule has 0 saturated heterocycles. The minimum atomic E-state index is -4.67. The minimum Gasteiger partial charge on any atom is -0.412 e. The second-order valence-corrected chi connectivity index (χ2v) is 20.2. The Kier molecular flexibility index (Phi) is 42.9. The van der Waals surface area contributed by atoms with E-state index >= 15 is 0 Å². The molecule has 0 amide bonds. The van der Waals surface area contributed by atoms with Crippen molar-refractivity contribution in [3.63, 3.8) is 0 Å². The summed E-state index contributed by atoms with van der Waals surface area (Å²) in [7, 11) is -17.4. The standard InChI is InChI=1S/C12H26O4S.2C6H14O.C5H12O4S.2H2O4S.2H2O/c1-11(2,3)7-9-15-17(13,14)16-10-8-12(4,5)6;2*1-6(2,3)4-5-7;1-5(2)3-4-9-10(6,7)8;2*1-5(2,3)4;;/h7-10H2,1-6H3;2*7H,4-5H2,1-3H3;5H,3-4H2,1-2H3,(H,6,7,8);2*(H2,1,2,3,4);2*1H2/p+2. The summed E-state index contributed by atoms with van der Waals surface area (Å²) in [6, 6.07) is 0. The Hall–Kier alpha value is -0.680. The van der Waals surface area contributed by atoms with Crippen molar-refractivity contribution >= 4 is 41.6 Å². The van der Waals surface area contributed by atoms with Gasteiger partial charge >= 0.3 is 44.4 Å². The van der Waals surface area contributed by atoms with Gasteiger partial charge < -0.3 is 21.2 Å². The van der Waals surface area contributed by atoms with Crippen LogP contribution in [0.3, 0.4) is 0 Å². The van der Waals surface area contributed by atoms with Crippen LogP contribution in [0.25, 0.3) is 0 Å². The van der Waals surface area contributed by atoms with Crippen LogP contribution in [0.5, 0.6) is 0 Å². The minimum absolute atomic E-state index is 0. The van der Waals surface area contributed by atoms with Gasteiger partial charge in [-0.3, -0.25) is 22.8 Å². The number of hydrogen-bond acceptors (Lipinski definition) is 13. The van der Waals surface area contributed by atoms with Crippen molar-refractivity contribution in [1.29, 1.82) is 0 Å². The van der Waals surface area contributed by atoms with Gasteiger partial charge in [0.05, 0.1) is 19.8 Å². The summed E-state index contributed by atoms with van der Waals surface area (Å²) in [5.41, 5.74) is 0.714. The molecule has 0 rings (SSSR count). The van der Waals surface area contributed by atoms with Crippen LogP contribution in [-0.4, -0.2) is 111 Å². The fourth-order valence-corrected chi connectivity index (χ4v) is 2.94. The summed E-state index contributed by atoms with van der Waals surface area (Å²) < 4.78 is 127. The van der Waals surface area contributed by atoms with Crippen LogP contribution in [0.4, 0.5) is 0 Å². The first-order valence-electron chi connectivity index (χ1n) is 15.7. The summed E-state index contributed by atoms with van der Waals surface area (Å²) in [6.45, 7) is 29.8. The summed E-state index contributed by atoms with van der Waals surface area (Å²) in [5.74, 6) is 0.377. The summed E-state index contributed by atoms with van der Waals surface area (Å²) >= 11 is 0. The smallest absolute Gasteiger partial charge is 0.412 e. The van der Waals surface area contributed by atoms with Crippen LogP contribution in [0, 0.1) is 27.6 Å². The van der Waals surface area contributed by atoms with Gasteiger partial charge in [0, 0.05) is 13.2 Å².